The topological polar surface area (TPSA) is 81.1 Å². The number of nitrogens with zero attached hydrogens (tertiary/aromatic N) is 2. The minimum Gasteiger partial charge on any atom is -0.396 e. The normalized spacial score (nSPS) is 21.4. The monoisotopic (exact) mass is 289 g/mol. The third kappa shape index (κ3) is 2.28. The van der Waals surface area contributed by atoms with E-state index in [0.29, 0.717) is 6.42 Å². The molecule has 0 bridgehead atoms. The van der Waals surface area contributed by atoms with Crippen LogP contribution in [-0.4, -0.2) is 21.3 Å². The summed E-state index contributed by atoms with van der Waals surface area (Å²) in [5.74, 6) is 0.365. The van der Waals surface area contributed by atoms with Crippen LogP contribution in [0.3, 0.4) is 0 Å². The van der Waals surface area contributed by atoms with Crippen molar-refractivity contribution in [1.29, 1.82) is 0 Å². The van der Waals surface area contributed by atoms with E-state index in [0.717, 1.165) is 10.4 Å². The fourth-order valence-corrected chi connectivity index (χ4v) is 3.18. The maximum atomic E-state index is 12.0. The lowest BCUT2D eigenvalue weighted by molar-refractivity contribution is 0.243. The van der Waals surface area contributed by atoms with Crippen LogP contribution in [-0.2, 0) is 0 Å². The number of hydrogen-bond donors (Lipinski definition) is 2. The molecule has 6 heteroatoms. The SMILES string of the molecule is Nc1nc(=O)n([C@H]2C=C[C@@H](CO)C2)cc1-c1cccs1. The van der Waals surface area contributed by atoms with Crippen molar-refractivity contribution in [3.05, 3.63) is 46.3 Å². The van der Waals surface area contributed by atoms with Gasteiger partial charge in [-0.2, -0.15) is 4.98 Å². The largest absolute Gasteiger partial charge is 0.396 e. The van der Waals surface area contributed by atoms with Crippen LogP contribution in [0.4, 0.5) is 5.82 Å². The van der Waals surface area contributed by atoms with E-state index < -0.39 is 0 Å². The van der Waals surface area contributed by atoms with Crippen molar-refractivity contribution in [2.45, 2.75) is 12.5 Å². The average Bonchev–Trinajstić information content (AvgIpc) is 3.09. The molecule has 0 amide bonds. The van der Waals surface area contributed by atoms with Crippen molar-refractivity contribution in [3.63, 3.8) is 0 Å². The van der Waals surface area contributed by atoms with Gasteiger partial charge in [-0.1, -0.05) is 18.2 Å². The summed E-state index contributed by atoms with van der Waals surface area (Å²) < 4.78 is 1.59. The van der Waals surface area contributed by atoms with Gasteiger partial charge in [-0.05, 0) is 17.9 Å². The number of aliphatic hydroxyl groups excluding tert-OH is 1. The highest BCUT2D eigenvalue weighted by atomic mass is 32.1. The first-order valence-corrected chi connectivity index (χ1v) is 7.28. The molecular formula is C14H15N3O2S. The smallest absolute Gasteiger partial charge is 0.350 e. The predicted molar refractivity (Wildman–Crippen MR) is 79.6 cm³/mol. The zero-order valence-corrected chi connectivity index (χ0v) is 11.6. The highest BCUT2D eigenvalue weighted by Crippen LogP contribution is 2.31. The van der Waals surface area contributed by atoms with Gasteiger partial charge in [0, 0.05) is 23.6 Å². The van der Waals surface area contributed by atoms with E-state index in [2.05, 4.69) is 4.98 Å². The molecule has 104 valence electrons. The van der Waals surface area contributed by atoms with Crippen LogP contribution < -0.4 is 11.4 Å². The molecule has 1 aliphatic rings. The number of aromatic nitrogens is 2. The van der Waals surface area contributed by atoms with Gasteiger partial charge in [-0.3, -0.25) is 4.57 Å². The molecular weight excluding hydrogens is 274 g/mol. The van der Waals surface area contributed by atoms with Crippen LogP contribution in [0.25, 0.3) is 10.4 Å². The van der Waals surface area contributed by atoms with Crippen molar-refractivity contribution >= 4 is 17.2 Å². The van der Waals surface area contributed by atoms with Gasteiger partial charge >= 0.3 is 5.69 Å². The van der Waals surface area contributed by atoms with Crippen molar-refractivity contribution in [1.82, 2.24) is 9.55 Å². The molecule has 0 fully saturated rings. The van der Waals surface area contributed by atoms with Crippen LogP contribution in [0.1, 0.15) is 12.5 Å². The summed E-state index contributed by atoms with van der Waals surface area (Å²) in [7, 11) is 0. The van der Waals surface area contributed by atoms with Gasteiger partial charge in [0.25, 0.3) is 0 Å². The highest BCUT2D eigenvalue weighted by molar-refractivity contribution is 7.13. The molecule has 2 atom stereocenters. The lowest BCUT2D eigenvalue weighted by atomic mass is 10.1. The summed E-state index contributed by atoms with van der Waals surface area (Å²) in [4.78, 5) is 16.9. The zero-order chi connectivity index (χ0) is 14.1. The first-order valence-electron chi connectivity index (χ1n) is 6.40. The number of hydrogen-bond acceptors (Lipinski definition) is 5. The number of anilines is 1. The second kappa shape index (κ2) is 5.22. The Hall–Kier alpha value is -1.92. The predicted octanol–water partition coefficient (Wildman–Crippen LogP) is 1.66. The summed E-state index contributed by atoms with van der Waals surface area (Å²) in [6.45, 7) is 0.0991. The third-order valence-corrected chi connectivity index (χ3v) is 4.41. The average molecular weight is 289 g/mol. The molecule has 20 heavy (non-hydrogen) atoms. The van der Waals surface area contributed by atoms with Crippen LogP contribution >= 0.6 is 11.3 Å². The van der Waals surface area contributed by atoms with E-state index in [4.69, 9.17) is 5.73 Å². The van der Waals surface area contributed by atoms with Crippen LogP contribution in [0.5, 0.6) is 0 Å². The van der Waals surface area contributed by atoms with Crippen molar-refractivity contribution in [2.24, 2.45) is 5.92 Å². The van der Waals surface area contributed by atoms with Gasteiger partial charge in [0.05, 0.1) is 11.6 Å². The maximum Gasteiger partial charge on any atom is 0.350 e. The molecule has 3 rings (SSSR count). The number of nitrogens with two attached hydrogens (primary N) is 1. The second-order valence-corrected chi connectivity index (χ2v) is 5.79. The molecule has 2 heterocycles. The van der Waals surface area contributed by atoms with Gasteiger partial charge in [-0.15, -0.1) is 11.3 Å². The van der Waals surface area contributed by atoms with Gasteiger partial charge in [0.1, 0.15) is 5.82 Å². The Morgan fingerprint density at radius 2 is 2.35 bits per heavy atom. The molecule has 0 spiro atoms. The van der Waals surface area contributed by atoms with Crippen molar-refractivity contribution in [2.75, 3.05) is 12.3 Å². The van der Waals surface area contributed by atoms with Crippen LogP contribution in [0.2, 0.25) is 0 Å². The van der Waals surface area contributed by atoms with Crippen molar-refractivity contribution in [3.8, 4) is 10.4 Å². The maximum absolute atomic E-state index is 12.0. The van der Waals surface area contributed by atoms with E-state index in [9.17, 15) is 9.90 Å². The molecule has 5 nitrogen and oxygen atoms in total. The summed E-state index contributed by atoms with van der Waals surface area (Å²) in [5.41, 5.74) is 6.29. The van der Waals surface area contributed by atoms with Gasteiger partial charge < -0.3 is 10.8 Å². The Morgan fingerprint density at radius 1 is 1.50 bits per heavy atom. The molecule has 0 saturated heterocycles. The number of thiophene rings is 1. The van der Waals surface area contributed by atoms with Gasteiger partial charge in [-0.25, -0.2) is 4.79 Å². The van der Waals surface area contributed by atoms with Crippen LogP contribution in [0, 0.1) is 5.92 Å². The van der Waals surface area contributed by atoms with E-state index in [-0.39, 0.29) is 30.1 Å². The van der Waals surface area contributed by atoms with E-state index in [1.807, 2.05) is 29.7 Å². The lowest BCUT2D eigenvalue weighted by Gasteiger charge is -2.15. The van der Waals surface area contributed by atoms with E-state index in [1.165, 1.54) is 0 Å². The molecule has 0 aromatic carbocycles. The van der Waals surface area contributed by atoms with E-state index in [1.54, 1.807) is 22.1 Å². The number of aliphatic hydroxyl groups is 1. The summed E-state index contributed by atoms with van der Waals surface area (Å²) in [6.07, 6.45) is 6.37. The third-order valence-electron chi connectivity index (χ3n) is 3.51. The Kier molecular flexibility index (Phi) is 3.42. The molecule has 0 saturated carbocycles. The van der Waals surface area contributed by atoms with Gasteiger partial charge in [0.2, 0.25) is 0 Å². The lowest BCUT2D eigenvalue weighted by Crippen LogP contribution is -2.27. The quantitative estimate of drug-likeness (QED) is 0.842. The highest BCUT2D eigenvalue weighted by Gasteiger charge is 2.22. The number of allylic oxidation sites excluding steroid dienone is 1. The fourth-order valence-electron chi connectivity index (χ4n) is 2.44. The fraction of sp³-hybridized carbons (Fsp3) is 0.286. The minimum atomic E-state index is -0.351. The number of rotatable bonds is 3. The molecule has 2 aromatic heterocycles. The van der Waals surface area contributed by atoms with E-state index >= 15 is 0 Å². The minimum absolute atomic E-state index is 0.0635. The first kappa shape index (κ1) is 13.1. The Bertz CT molecular complexity index is 691. The summed E-state index contributed by atoms with van der Waals surface area (Å²) in [6, 6.07) is 3.83. The molecule has 0 radical (unpaired) electrons. The Morgan fingerprint density at radius 3 is 3.00 bits per heavy atom. The zero-order valence-electron chi connectivity index (χ0n) is 10.8. The number of nitrogen functional groups attached to an aromatic ring is 1. The molecule has 2 aromatic rings. The summed E-state index contributed by atoms with van der Waals surface area (Å²) in [5, 5.41) is 11.1. The standard InChI is InChI=1S/C14H15N3O2S/c15-13-11(12-2-1-5-20-12)7-17(14(19)16-13)10-4-3-9(6-10)8-18/h1-5,7,9-10,18H,6,8H2,(H2,15,16,19)/t9-,10+/m1/s1. The van der Waals surface area contributed by atoms with Crippen molar-refractivity contribution < 1.29 is 5.11 Å². The molecule has 0 unspecified atom stereocenters. The Balaban J connectivity index is 2.02. The molecule has 0 aliphatic heterocycles. The second-order valence-electron chi connectivity index (χ2n) is 4.84. The summed E-state index contributed by atoms with van der Waals surface area (Å²) >= 11 is 1.56. The first-order chi connectivity index (χ1) is 9.69. The Labute approximate surface area is 120 Å². The van der Waals surface area contributed by atoms with Gasteiger partial charge in [0.15, 0.2) is 0 Å². The molecule has 3 N–H and O–H groups in total. The molecule has 1 aliphatic carbocycles. The van der Waals surface area contributed by atoms with Crippen LogP contribution in [0.15, 0.2) is 40.7 Å².